The molecule has 2 heterocycles. The first-order chi connectivity index (χ1) is 18.8. The molecule has 4 rings (SSSR count). The lowest BCUT2D eigenvalue weighted by atomic mass is 9.86. The average Bonchev–Trinajstić information content (AvgIpc) is 3.30. The SMILES string of the molecule is CC(C)NC(=O)Cc1ccc(-c2cnc([C@H]3CC[C@H](NC(=O)OC4COC4)CC3)s2)c(S(=O)(=O)NC(C)(C)C)c1. The van der Waals surface area contributed by atoms with E-state index in [2.05, 4.69) is 20.3 Å². The maximum Gasteiger partial charge on any atom is 0.407 e. The Kier molecular flexibility index (Phi) is 9.54. The Balaban J connectivity index is 1.49. The summed E-state index contributed by atoms with van der Waals surface area (Å²) in [4.78, 5) is 30.0. The number of sulfonamides is 1. The quantitative estimate of drug-likeness (QED) is 0.399. The zero-order valence-corrected chi connectivity index (χ0v) is 25.4. The molecular formula is C28H40N4O6S2. The van der Waals surface area contributed by atoms with Gasteiger partial charge in [0.15, 0.2) is 6.10 Å². The monoisotopic (exact) mass is 592 g/mol. The molecule has 0 radical (unpaired) electrons. The minimum Gasteiger partial charge on any atom is -0.441 e. The highest BCUT2D eigenvalue weighted by molar-refractivity contribution is 7.89. The molecule has 1 saturated heterocycles. The topological polar surface area (TPSA) is 136 Å². The van der Waals surface area contributed by atoms with Crippen LogP contribution in [-0.2, 0) is 30.7 Å². The van der Waals surface area contributed by atoms with E-state index in [9.17, 15) is 18.0 Å². The summed E-state index contributed by atoms with van der Waals surface area (Å²) in [5.74, 6) is 0.0741. The molecule has 1 aromatic heterocycles. The molecule has 2 fully saturated rings. The zero-order chi connectivity index (χ0) is 29.1. The van der Waals surface area contributed by atoms with Gasteiger partial charge in [-0.2, -0.15) is 0 Å². The lowest BCUT2D eigenvalue weighted by Crippen LogP contribution is -2.44. The summed E-state index contributed by atoms with van der Waals surface area (Å²) in [6.07, 6.45) is 4.65. The molecule has 0 unspecified atom stereocenters. The van der Waals surface area contributed by atoms with Crippen LogP contribution in [0.25, 0.3) is 10.4 Å². The van der Waals surface area contributed by atoms with Crippen molar-refractivity contribution >= 4 is 33.4 Å². The van der Waals surface area contributed by atoms with E-state index >= 15 is 0 Å². The molecule has 1 aliphatic carbocycles. The van der Waals surface area contributed by atoms with Crippen LogP contribution < -0.4 is 15.4 Å². The number of hydrogen-bond acceptors (Lipinski definition) is 8. The van der Waals surface area contributed by atoms with Crippen LogP contribution >= 0.6 is 11.3 Å². The van der Waals surface area contributed by atoms with Crippen LogP contribution in [0.4, 0.5) is 4.79 Å². The van der Waals surface area contributed by atoms with E-state index in [0.29, 0.717) is 24.3 Å². The summed E-state index contributed by atoms with van der Waals surface area (Å²) in [6.45, 7) is 10.1. The van der Waals surface area contributed by atoms with Crippen molar-refractivity contribution < 1.29 is 27.5 Å². The van der Waals surface area contributed by atoms with Crippen LogP contribution in [0.2, 0.25) is 0 Å². The second-order valence-electron chi connectivity index (χ2n) is 11.9. The number of amides is 2. The average molecular weight is 593 g/mol. The van der Waals surface area contributed by atoms with Crippen LogP contribution in [0.1, 0.15) is 76.8 Å². The maximum atomic E-state index is 13.5. The predicted molar refractivity (Wildman–Crippen MR) is 154 cm³/mol. The molecule has 10 nitrogen and oxygen atoms in total. The fourth-order valence-electron chi connectivity index (χ4n) is 4.84. The van der Waals surface area contributed by atoms with Crippen molar-refractivity contribution in [1.29, 1.82) is 0 Å². The molecule has 1 aliphatic heterocycles. The van der Waals surface area contributed by atoms with Crippen molar-refractivity contribution in [3.05, 3.63) is 35.0 Å². The van der Waals surface area contributed by atoms with Gasteiger partial charge >= 0.3 is 6.09 Å². The van der Waals surface area contributed by atoms with Gasteiger partial charge in [0.2, 0.25) is 15.9 Å². The zero-order valence-electron chi connectivity index (χ0n) is 23.8. The Morgan fingerprint density at radius 1 is 1.15 bits per heavy atom. The van der Waals surface area contributed by atoms with Crippen molar-refractivity contribution in [3.8, 4) is 10.4 Å². The standard InChI is InChI=1S/C28H40N4O6S2/c1-17(2)30-25(33)13-18-6-11-22(24(12-18)40(35,36)32-28(3,4)5)23-14-29-26(39-23)19-7-9-20(10-8-19)31-27(34)38-21-15-37-16-21/h6,11-12,14,17,19-21,32H,7-10,13,15-16H2,1-5H3,(H,30,33)(H,31,34)/t19-,20-. The second-order valence-corrected chi connectivity index (χ2v) is 14.6. The number of nitrogens with one attached hydrogen (secondary N) is 3. The summed E-state index contributed by atoms with van der Waals surface area (Å²) in [6, 6.07) is 5.22. The highest BCUT2D eigenvalue weighted by Gasteiger charge is 2.30. The van der Waals surface area contributed by atoms with Crippen LogP contribution in [0.3, 0.4) is 0 Å². The first-order valence-electron chi connectivity index (χ1n) is 13.8. The molecule has 1 aromatic carbocycles. The number of aromatic nitrogens is 1. The highest BCUT2D eigenvalue weighted by Crippen LogP contribution is 2.39. The number of ether oxygens (including phenoxy) is 2. The van der Waals surface area contributed by atoms with E-state index in [0.717, 1.165) is 35.6 Å². The number of thiazole rings is 1. The summed E-state index contributed by atoms with van der Waals surface area (Å²) in [7, 11) is -3.88. The summed E-state index contributed by atoms with van der Waals surface area (Å²) >= 11 is 1.49. The lowest BCUT2D eigenvalue weighted by molar-refractivity contribution is -0.120. The van der Waals surface area contributed by atoms with Gasteiger partial charge in [-0.15, -0.1) is 11.3 Å². The van der Waals surface area contributed by atoms with Crippen molar-refractivity contribution in [2.45, 2.75) is 101 Å². The number of carbonyl (C=O) groups is 2. The Labute approximate surface area is 240 Å². The van der Waals surface area contributed by atoms with E-state index in [1.807, 2.05) is 13.8 Å². The number of rotatable bonds is 9. The summed E-state index contributed by atoms with van der Waals surface area (Å²) in [5, 5.41) is 6.76. The van der Waals surface area contributed by atoms with E-state index in [1.54, 1.807) is 45.2 Å². The first-order valence-corrected chi connectivity index (χ1v) is 16.1. The van der Waals surface area contributed by atoms with Crippen LogP contribution in [-0.4, -0.2) is 62.3 Å². The van der Waals surface area contributed by atoms with Gasteiger partial charge in [-0.05, 0) is 71.9 Å². The predicted octanol–water partition coefficient (Wildman–Crippen LogP) is 4.11. The molecular weight excluding hydrogens is 552 g/mol. The van der Waals surface area contributed by atoms with Crippen LogP contribution in [0.5, 0.6) is 0 Å². The molecule has 2 amide bonds. The fourth-order valence-corrected chi connectivity index (χ4v) is 7.72. The Morgan fingerprint density at radius 2 is 1.85 bits per heavy atom. The molecule has 2 aromatic rings. The number of nitrogens with zero attached hydrogens (tertiary/aromatic N) is 1. The largest absolute Gasteiger partial charge is 0.441 e. The third-order valence-corrected chi connectivity index (χ3v) is 9.65. The smallest absolute Gasteiger partial charge is 0.407 e. The first kappa shape index (κ1) is 30.4. The molecule has 0 bridgehead atoms. The Bertz CT molecular complexity index is 1310. The number of alkyl carbamates (subject to hydrolysis) is 1. The van der Waals surface area contributed by atoms with Crippen LogP contribution in [0, 0.1) is 0 Å². The van der Waals surface area contributed by atoms with Gasteiger partial charge in [0.25, 0.3) is 0 Å². The van der Waals surface area contributed by atoms with Gasteiger partial charge in [-0.25, -0.2) is 22.9 Å². The molecule has 40 heavy (non-hydrogen) atoms. The van der Waals surface area contributed by atoms with E-state index in [-0.39, 0.29) is 41.3 Å². The lowest BCUT2D eigenvalue weighted by Gasteiger charge is -2.30. The van der Waals surface area contributed by atoms with Gasteiger partial charge in [-0.1, -0.05) is 12.1 Å². The fraction of sp³-hybridized carbons (Fsp3) is 0.607. The normalized spacial score (nSPS) is 20.1. The van der Waals surface area contributed by atoms with Gasteiger partial charge in [0, 0.05) is 35.3 Å². The highest BCUT2D eigenvalue weighted by atomic mass is 32.2. The minimum atomic E-state index is -3.88. The minimum absolute atomic E-state index is 0.00440. The molecule has 0 atom stereocenters. The van der Waals surface area contributed by atoms with Crippen molar-refractivity contribution in [2.75, 3.05) is 13.2 Å². The van der Waals surface area contributed by atoms with Crippen molar-refractivity contribution in [3.63, 3.8) is 0 Å². The Morgan fingerprint density at radius 3 is 2.45 bits per heavy atom. The van der Waals surface area contributed by atoms with E-state index < -0.39 is 21.7 Å². The third kappa shape index (κ3) is 8.25. The van der Waals surface area contributed by atoms with Crippen LogP contribution in [0.15, 0.2) is 29.3 Å². The molecule has 1 saturated carbocycles. The maximum absolute atomic E-state index is 13.5. The van der Waals surface area contributed by atoms with Gasteiger partial charge in [0.1, 0.15) is 0 Å². The number of benzene rings is 1. The molecule has 220 valence electrons. The Hall–Kier alpha value is -2.54. The second kappa shape index (κ2) is 12.5. The summed E-state index contributed by atoms with van der Waals surface area (Å²) < 4.78 is 40.1. The summed E-state index contributed by atoms with van der Waals surface area (Å²) in [5.41, 5.74) is 0.506. The molecule has 2 aliphatic rings. The van der Waals surface area contributed by atoms with E-state index in [1.165, 1.54) is 11.3 Å². The number of hydrogen-bond donors (Lipinski definition) is 3. The van der Waals surface area contributed by atoms with Crippen molar-refractivity contribution in [2.24, 2.45) is 0 Å². The third-order valence-electron chi connectivity index (χ3n) is 6.66. The van der Waals surface area contributed by atoms with Crippen molar-refractivity contribution in [1.82, 2.24) is 20.3 Å². The van der Waals surface area contributed by atoms with Gasteiger partial charge in [0.05, 0.1) is 34.4 Å². The number of carbonyl (C=O) groups excluding carboxylic acids is 2. The van der Waals surface area contributed by atoms with Gasteiger partial charge < -0.3 is 20.1 Å². The van der Waals surface area contributed by atoms with Gasteiger partial charge in [-0.3, -0.25) is 4.79 Å². The van der Waals surface area contributed by atoms with E-state index in [4.69, 9.17) is 9.47 Å². The molecule has 12 heteroatoms. The molecule has 3 N–H and O–H groups in total. The molecule has 0 spiro atoms.